The minimum Gasteiger partial charge on any atom is -0.409 e. The van der Waals surface area contributed by atoms with Crippen molar-refractivity contribution in [3.8, 4) is 0 Å². The van der Waals surface area contributed by atoms with Gasteiger partial charge in [-0.25, -0.2) is 9.67 Å². The summed E-state index contributed by atoms with van der Waals surface area (Å²) in [6.07, 6.45) is 1.55. The van der Waals surface area contributed by atoms with Crippen molar-refractivity contribution >= 4 is 17.2 Å². The molecule has 78 valence electrons. The molecule has 6 nitrogen and oxygen atoms in total. The summed E-state index contributed by atoms with van der Waals surface area (Å²) in [5, 5.41) is 17.3. The van der Waals surface area contributed by atoms with Crippen LogP contribution in [0.15, 0.2) is 29.0 Å². The predicted octanol–water partition coefficient (Wildman–Crippen LogP) is 0.482. The van der Waals surface area contributed by atoms with E-state index in [0.717, 1.165) is 0 Å². The maximum atomic E-state index is 8.43. The summed E-state index contributed by atoms with van der Waals surface area (Å²) in [6.45, 7) is 0.642. The molecule has 0 fully saturated rings. The summed E-state index contributed by atoms with van der Waals surface area (Å²) in [4.78, 5) is 5.08. The molecular weight excluding hydrogens is 214 g/mol. The summed E-state index contributed by atoms with van der Waals surface area (Å²) in [5.74, 6) is 0.147. The molecule has 0 radical (unpaired) electrons. The molecule has 3 N–H and O–H groups in total. The highest BCUT2D eigenvalue weighted by Gasteiger charge is 2.05. The lowest BCUT2D eigenvalue weighted by atomic mass is 10.5. The normalized spacial score (nSPS) is 11.9. The number of rotatable bonds is 3. The van der Waals surface area contributed by atoms with Crippen molar-refractivity contribution in [2.24, 2.45) is 10.9 Å². The van der Waals surface area contributed by atoms with Crippen LogP contribution in [0.4, 0.5) is 0 Å². The largest absolute Gasteiger partial charge is 0.409 e. The van der Waals surface area contributed by atoms with E-state index in [0.29, 0.717) is 6.54 Å². The van der Waals surface area contributed by atoms with E-state index in [4.69, 9.17) is 10.9 Å². The van der Waals surface area contributed by atoms with Crippen LogP contribution in [0, 0.1) is 0 Å². The Labute approximate surface area is 89.7 Å². The minimum absolute atomic E-state index is 0.0834. The van der Waals surface area contributed by atoms with Crippen molar-refractivity contribution in [1.29, 1.82) is 0 Å². The first kappa shape index (κ1) is 9.66. The van der Waals surface area contributed by atoms with Gasteiger partial charge in [0, 0.05) is 4.88 Å². The number of hydrogen-bond acceptors (Lipinski definition) is 5. The Balaban J connectivity index is 2.14. The van der Waals surface area contributed by atoms with Gasteiger partial charge >= 0.3 is 0 Å². The maximum absolute atomic E-state index is 8.43. The Morgan fingerprint density at radius 2 is 2.53 bits per heavy atom. The highest BCUT2D eigenvalue weighted by atomic mass is 32.1. The van der Waals surface area contributed by atoms with Gasteiger partial charge in [0.05, 0.1) is 6.54 Å². The van der Waals surface area contributed by atoms with Crippen molar-refractivity contribution in [2.75, 3.05) is 0 Å². The van der Waals surface area contributed by atoms with Gasteiger partial charge in [0.1, 0.15) is 6.33 Å². The monoisotopic (exact) mass is 223 g/mol. The first-order valence-corrected chi connectivity index (χ1v) is 5.07. The van der Waals surface area contributed by atoms with Crippen molar-refractivity contribution in [2.45, 2.75) is 6.54 Å². The average Bonchev–Trinajstić information content (AvgIpc) is 2.88. The lowest BCUT2D eigenvalue weighted by Crippen LogP contribution is -2.15. The molecule has 0 aromatic carbocycles. The molecule has 0 spiro atoms. The summed E-state index contributed by atoms with van der Waals surface area (Å²) < 4.78 is 1.64. The van der Waals surface area contributed by atoms with Crippen molar-refractivity contribution in [3.63, 3.8) is 0 Å². The second-order valence-electron chi connectivity index (χ2n) is 2.83. The van der Waals surface area contributed by atoms with Gasteiger partial charge in [-0.3, -0.25) is 0 Å². The molecule has 0 saturated heterocycles. The molecule has 0 saturated carbocycles. The van der Waals surface area contributed by atoms with E-state index in [1.807, 2.05) is 17.5 Å². The average molecular weight is 223 g/mol. The van der Waals surface area contributed by atoms with Gasteiger partial charge in [-0.1, -0.05) is 11.2 Å². The molecule has 7 heteroatoms. The number of thiophene rings is 1. The number of amidine groups is 1. The van der Waals surface area contributed by atoms with E-state index in [9.17, 15) is 0 Å². The third-order valence-electron chi connectivity index (χ3n) is 1.77. The lowest BCUT2D eigenvalue weighted by Gasteiger charge is -1.95. The van der Waals surface area contributed by atoms with Crippen LogP contribution >= 0.6 is 11.3 Å². The molecule has 0 amide bonds. The van der Waals surface area contributed by atoms with Crippen LogP contribution in [-0.2, 0) is 6.54 Å². The minimum atomic E-state index is -0.0834. The quantitative estimate of drug-likeness (QED) is 0.343. The number of aromatic nitrogens is 3. The van der Waals surface area contributed by atoms with Gasteiger partial charge in [0.25, 0.3) is 0 Å². The second-order valence-corrected chi connectivity index (χ2v) is 3.86. The Kier molecular flexibility index (Phi) is 2.64. The van der Waals surface area contributed by atoms with Crippen LogP contribution in [-0.4, -0.2) is 25.8 Å². The molecule has 2 rings (SSSR count). The third-order valence-corrected chi connectivity index (χ3v) is 2.63. The fourth-order valence-corrected chi connectivity index (χ4v) is 1.79. The molecule has 15 heavy (non-hydrogen) atoms. The number of oxime groups is 1. The Morgan fingerprint density at radius 1 is 1.67 bits per heavy atom. The molecule has 2 aromatic rings. The van der Waals surface area contributed by atoms with Gasteiger partial charge < -0.3 is 10.9 Å². The van der Waals surface area contributed by atoms with E-state index in [2.05, 4.69) is 15.2 Å². The van der Waals surface area contributed by atoms with Crippen molar-refractivity contribution in [1.82, 2.24) is 14.8 Å². The fourth-order valence-electron chi connectivity index (χ4n) is 1.10. The van der Waals surface area contributed by atoms with Crippen molar-refractivity contribution in [3.05, 3.63) is 34.5 Å². The molecule has 0 bridgehead atoms. The molecule has 2 aromatic heterocycles. The molecule has 0 aliphatic rings. The molecule has 0 aliphatic heterocycles. The van der Waals surface area contributed by atoms with Crippen LogP contribution in [0.5, 0.6) is 0 Å². The highest BCUT2D eigenvalue weighted by Crippen LogP contribution is 2.09. The molecular formula is C8H9N5OS. The number of hydrogen-bond donors (Lipinski definition) is 2. The van der Waals surface area contributed by atoms with Gasteiger partial charge in [-0.15, -0.1) is 16.4 Å². The zero-order valence-corrected chi connectivity index (χ0v) is 8.55. The van der Waals surface area contributed by atoms with E-state index in [1.54, 1.807) is 22.3 Å². The standard InChI is InChI=1S/C8H9N5OS/c9-7(12-14)8-10-5-13(11-8)4-6-2-1-3-15-6/h1-3,5,14H,4H2,(H2,9,12). The summed E-state index contributed by atoms with van der Waals surface area (Å²) in [5.41, 5.74) is 5.35. The van der Waals surface area contributed by atoms with Gasteiger partial charge in [-0.2, -0.15) is 0 Å². The Bertz CT molecular complexity index is 461. The molecule has 2 heterocycles. The molecule has 0 aliphatic carbocycles. The molecule has 0 unspecified atom stereocenters. The van der Waals surface area contributed by atoms with Crippen LogP contribution < -0.4 is 5.73 Å². The van der Waals surface area contributed by atoms with Crippen molar-refractivity contribution < 1.29 is 5.21 Å². The van der Waals surface area contributed by atoms with E-state index in [1.165, 1.54) is 4.88 Å². The number of nitrogens with two attached hydrogens (primary N) is 1. The van der Waals surface area contributed by atoms with E-state index >= 15 is 0 Å². The molecule has 0 atom stereocenters. The van der Waals surface area contributed by atoms with Crippen LogP contribution in [0.2, 0.25) is 0 Å². The summed E-state index contributed by atoms with van der Waals surface area (Å²) >= 11 is 1.64. The van der Waals surface area contributed by atoms with E-state index in [-0.39, 0.29) is 11.7 Å². The first-order valence-electron chi connectivity index (χ1n) is 4.19. The van der Waals surface area contributed by atoms with Crippen LogP contribution in [0.1, 0.15) is 10.7 Å². The first-order chi connectivity index (χ1) is 7.29. The Morgan fingerprint density at radius 3 is 3.20 bits per heavy atom. The lowest BCUT2D eigenvalue weighted by molar-refractivity contribution is 0.318. The highest BCUT2D eigenvalue weighted by molar-refractivity contribution is 7.09. The van der Waals surface area contributed by atoms with Crippen LogP contribution in [0.3, 0.4) is 0 Å². The van der Waals surface area contributed by atoms with Gasteiger partial charge in [0.2, 0.25) is 11.7 Å². The van der Waals surface area contributed by atoms with Gasteiger partial charge in [-0.05, 0) is 11.4 Å². The second kappa shape index (κ2) is 4.09. The van der Waals surface area contributed by atoms with E-state index < -0.39 is 0 Å². The SMILES string of the molecule is NC(=NO)c1ncn(Cc2cccs2)n1. The smallest absolute Gasteiger partial charge is 0.219 e. The van der Waals surface area contributed by atoms with Crippen LogP contribution in [0.25, 0.3) is 0 Å². The zero-order chi connectivity index (χ0) is 10.7. The topological polar surface area (TPSA) is 89.3 Å². The summed E-state index contributed by atoms with van der Waals surface area (Å²) in [7, 11) is 0. The maximum Gasteiger partial charge on any atom is 0.219 e. The Hall–Kier alpha value is -1.89. The fraction of sp³-hybridized carbons (Fsp3) is 0.125. The zero-order valence-electron chi connectivity index (χ0n) is 7.74. The van der Waals surface area contributed by atoms with Gasteiger partial charge in [0.15, 0.2) is 0 Å². The number of nitrogens with zero attached hydrogens (tertiary/aromatic N) is 4. The predicted molar refractivity (Wildman–Crippen MR) is 56.0 cm³/mol. The third kappa shape index (κ3) is 2.13. The summed E-state index contributed by atoms with van der Waals surface area (Å²) in [6, 6.07) is 3.98.